The lowest BCUT2D eigenvalue weighted by atomic mass is 10.1. The largest absolute Gasteiger partial charge is 0.335 e. The van der Waals surface area contributed by atoms with Gasteiger partial charge in [-0.05, 0) is 18.1 Å². The third-order valence-corrected chi connectivity index (χ3v) is 3.70. The molecule has 0 aliphatic heterocycles. The van der Waals surface area contributed by atoms with Crippen LogP contribution >= 0.6 is 11.3 Å². The third-order valence-electron chi connectivity index (χ3n) is 2.94. The molecule has 5 nitrogen and oxygen atoms in total. The molecule has 2 rings (SSSR count). The van der Waals surface area contributed by atoms with E-state index in [-0.39, 0.29) is 17.3 Å². The van der Waals surface area contributed by atoms with Crippen molar-refractivity contribution in [3.05, 3.63) is 40.9 Å². The van der Waals surface area contributed by atoms with Gasteiger partial charge < -0.3 is 10.6 Å². The molecule has 0 aliphatic carbocycles. The van der Waals surface area contributed by atoms with Gasteiger partial charge in [-0.15, -0.1) is 11.3 Å². The number of rotatable bonds is 5. The number of anilines is 2. The normalized spacial score (nSPS) is 11.8. The molecule has 2 N–H and O–H groups in total. The van der Waals surface area contributed by atoms with Crippen molar-refractivity contribution in [1.82, 2.24) is 10.3 Å². The highest BCUT2D eigenvalue weighted by atomic mass is 32.1. The molecule has 0 fully saturated rings. The van der Waals surface area contributed by atoms with Gasteiger partial charge in [-0.1, -0.05) is 13.8 Å². The molecule has 120 valence electrons. The first kappa shape index (κ1) is 16.8. The number of aromatic nitrogens is 1. The predicted molar refractivity (Wildman–Crippen MR) is 83.5 cm³/mol. The Hall–Kier alpha value is -2.53. The lowest BCUT2D eigenvalue weighted by molar-refractivity contribution is 0.0933. The summed E-state index contributed by atoms with van der Waals surface area (Å²) < 4.78 is 26.3. The molecule has 0 saturated carbocycles. The zero-order chi connectivity index (χ0) is 17.0. The molecule has 0 radical (unpaired) electrons. The molecule has 0 unspecified atom stereocenters. The fourth-order valence-electron chi connectivity index (χ4n) is 1.75. The number of hydrogen-bond acceptors (Lipinski definition) is 5. The maximum atomic E-state index is 13.1. The van der Waals surface area contributed by atoms with E-state index in [1.165, 1.54) is 5.38 Å². The van der Waals surface area contributed by atoms with Gasteiger partial charge in [0.2, 0.25) is 0 Å². The van der Waals surface area contributed by atoms with Crippen LogP contribution < -0.4 is 10.6 Å². The summed E-state index contributed by atoms with van der Waals surface area (Å²) in [6.07, 6.45) is 0. The number of nitriles is 1. The summed E-state index contributed by atoms with van der Waals surface area (Å²) in [5.41, 5.74) is 0.330. The van der Waals surface area contributed by atoms with Gasteiger partial charge in [-0.2, -0.15) is 5.26 Å². The minimum Gasteiger partial charge on any atom is -0.335 e. The Morgan fingerprint density at radius 2 is 1.96 bits per heavy atom. The van der Waals surface area contributed by atoms with Gasteiger partial charge in [0.15, 0.2) is 5.13 Å². The van der Waals surface area contributed by atoms with E-state index in [0.717, 1.165) is 29.5 Å². The third kappa shape index (κ3) is 4.47. The van der Waals surface area contributed by atoms with Crippen LogP contribution in [0.15, 0.2) is 23.6 Å². The van der Waals surface area contributed by atoms with Gasteiger partial charge in [0.05, 0.1) is 6.07 Å². The van der Waals surface area contributed by atoms with Gasteiger partial charge in [0, 0.05) is 17.1 Å². The van der Waals surface area contributed by atoms with Gasteiger partial charge in [-0.3, -0.25) is 4.79 Å². The van der Waals surface area contributed by atoms with Crippen LogP contribution in [0.1, 0.15) is 24.3 Å². The van der Waals surface area contributed by atoms with Gasteiger partial charge in [0.25, 0.3) is 5.91 Å². The Bertz CT molecular complexity index is 734. The fourth-order valence-corrected chi connectivity index (χ4v) is 2.46. The van der Waals surface area contributed by atoms with Crippen molar-refractivity contribution in [3.63, 3.8) is 0 Å². The molecule has 0 saturated heterocycles. The number of thiazole rings is 1. The Labute approximate surface area is 136 Å². The standard InChI is InChI=1S/C15H14F2N4OS/c1-8(2)12(6-18)20-14(22)13-7-23-15(21-13)19-11-4-9(16)3-10(17)5-11/h3-5,7-8,12H,1-2H3,(H,19,21)(H,20,22)/t12-/m1/s1. The van der Waals surface area contributed by atoms with E-state index < -0.39 is 23.6 Å². The second-order valence-corrected chi connectivity index (χ2v) is 6.00. The number of nitrogens with zero attached hydrogens (tertiary/aromatic N) is 2. The van der Waals surface area contributed by atoms with Crippen LogP contribution in [0.3, 0.4) is 0 Å². The number of amides is 1. The van der Waals surface area contributed by atoms with Gasteiger partial charge >= 0.3 is 0 Å². The van der Waals surface area contributed by atoms with E-state index in [1.54, 1.807) is 0 Å². The topological polar surface area (TPSA) is 77.8 Å². The first-order valence-electron chi connectivity index (χ1n) is 6.78. The molecule has 23 heavy (non-hydrogen) atoms. The van der Waals surface area contributed by atoms with Crippen LogP contribution in [-0.2, 0) is 0 Å². The van der Waals surface area contributed by atoms with Crippen LogP contribution in [0.5, 0.6) is 0 Å². The van der Waals surface area contributed by atoms with Crippen LogP contribution in [0.4, 0.5) is 19.6 Å². The lowest BCUT2D eigenvalue weighted by Crippen LogP contribution is -2.37. The number of carbonyl (C=O) groups excluding carboxylic acids is 1. The predicted octanol–water partition coefficient (Wildman–Crippen LogP) is 3.44. The summed E-state index contributed by atoms with van der Waals surface area (Å²) in [6, 6.07) is 4.40. The van der Waals surface area contributed by atoms with Crippen molar-refractivity contribution in [3.8, 4) is 6.07 Å². The number of halogens is 2. The van der Waals surface area contributed by atoms with E-state index in [1.807, 2.05) is 19.9 Å². The average molecular weight is 336 g/mol. The number of benzene rings is 1. The first-order valence-corrected chi connectivity index (χ1v) is 7.66. The van der Waals surface area contributed by atoms with Gasteiger partial charge in [0.1, 0.15) is 23.4 Å². The van der Waals surface area contributed by atoms with Crippen molar-refractivity contribution in [2.75, 3.05) is 5.32 Å². The summed E-state index contributed by atoms with van der Waals surface area (Å²) >= 11 is 1.12. The van der Waals surface area contributed by atoms with Crippen molar-refractivity contribution < 1.29 is 13.6 Å². The van der Waals surface area contributed by atoms with Crippen molar-refractivity contribution in [2.45, 2.75) is 19.9 Å². The van der Waals surface area contributed by atoms with E-state index in [4.69, 9.17) is 5.26 Å². The van der Waals surface area contributed by atoms with Crippen molar-refractivity contribution in [2.24, 2.45) is 5.92 Å². The Kier molecular flexibility index (Phi) is 5.24. The average Bonchev–Trinajstić information content (AvgIpc) is 2.91. The molecule has 1 heterocycles. The summed E-state index contributed by atoms with van der Waals surface area (Å²) in [6.45, 7) is 3.64. The summed E-state index contributed by atoms with van der Waals surface area (Å²) in [5, 5.41) is 16.1. The second kappa shape index (κ2) is 7.15. The zero-order valence-corrected chi connectivity index (χ0v) is 13.2. The summed E-state index contributed by atoms with van der Waals surface area (Å²) in [5.74, 6) is -1.93. The van der Waals surface area contributed by atoms with Gasteiger partial charge in [-0.25, -0.2) is 13.8 Å². The van der Waals surface area contributed by atoms with Crippen LogP contribution in [0, 0.1) is 28.9 Å². The molecule has 2 aromatic rings. The Morgan fingerprint density at radius 3 is 2.52 bits per heavy atom. The molecule has 1 aromatic heterocycles. The fraction of sp³-hybridized carbons (Fsp3) is 0.267. The van der Waals surface area contributed by atoms with E-state index in [9.17, 15) is 13.6 Å². The molecule has 1 atom stereocenters. The highest BCUT2D eigenvalue weighted by Crippen LogP contribution is 2.22. The Balaban J connectivity index is 2.08. The Morgan fingerprint density at radius 1 is 1.30 bits per heavy atom. The molecule has 1 amide bonds. The van der Waals surface area contributed by atoms with Crippen molar-refractivity contribution in [1.29, 1.82) is 5.26 Å². The van der Waals surface area contributed by atoms with E-state index in [0.29, 0.717) is 5.13 Å². The monoisotopic (exact) mass is 336 g/mol. The van der Waals surface area contributed by atoms with Crippen LogP contribution in [0.25, 0.3) is 0 Å². The molecule has 0 aliphatic rings. The molecular formula is C15H14F2N4OS. The molecule has 8 heteroatoms. The molecule has 1 aromatic carbocycles. The number of carbonyl (C=O) groups is 1. The van der Waals surface area contributed by atoms with E-state index in [2.05, 4.69) is 15.6 Å². The lowest BCUT2D eigenvalue weighted by Gasteiger charge is -2.13. The molecule has 0 spiro atoms. The highest BCUT2D eigenvalue weighted by Gasteiger charge is 2.18. The smallest absolute Gasteiger partial charge is 0.271 e. The molecular weight excluding hydrogens is 322 g/mol. The maximum absolute atomic E-state index is 13.1. The SMILES string of the molecule is CC(C)[C@@H](C#N)NC(=O)c1csc(Nc2cc(F)cc(F)c2)n1. The summed E-state index contributed by atoms with van der Waals surface area (Å²) in [7, 11) is 0. The minimum absolute atomic E-state index is 0.0320. The number of nitrogens with one attached hydrogen (secondary N) is 2. The van der Waals surface area contributed by atoms with Crippen LogP contribution in [0.2, 0.25) is 0 Å². The zero-order valence-electron chi connectivity index (χ0n) is 12.4. The van der Waals surface area contributed by atoms with Crippen molar-refractivity contribution >= 4 is 28.1 Å². The summed E-state index contributed by atoms with van der Waals surface area (Å²) in [4.78, 5) is 16.1. The number of hydrogen-bond donors (Lipinski definition) is 2. The first-order chi connectivity index (χ1) is 10.9. The minimum atomic E-state index is -0.712. The van der Waals surface area contributed by atoms with E-state index >= 15 is 0 Å². The highest BCUT2D eigenvalue weighted by molar-refractivity contribution is 7.14. The van der Waals surface area contributed by atoms with Crippen LogP contribution in [-0.4, -0.2) is 16.9 Å². The second-order valence-electron chi connectivity index (χ2n) is 5.15. The molecule has 0 bridgehead atoms. The quantitative estimate of drug-likeness (QED) is 0.877. The maximum Gasteiger partial charge on any atom is 0.271 e.